The summed E-state index contributed by atoms with van der Waals surface area (Å²) in [6.07, 6.45) is 1.64. The highest BCUT2D eigenvalue weighted by Gasteiger charge is 2.18. The SMILES string of the molecule is COc1cc(C)c(NC(=O)c2nn(-c3ccc(F)cc3)cc2Br)cc1OC. The van der Waals surface area contributed by atoms with Gasteiger partial charge < -0.3 is 14.8 Å². The van der Waals surface area contributed by atoms with E-state index in [2.05, 4.69) is 26.3 Å². The lowest BCUT2D eigenvalue weighted by atomic mass is 10.1. The van der Waals surface area contributed by atoms with Crippen LogP contribution < -0.4 is 14.8 Å². The average molecular weight is 434 g/mol. The van der Waals surface area contributed by atoms with Crippen molar-refractivity contribution in [1.29, 1.82) is 0 Å². The summed E-state index contributed by atoms with van der Waals surface area (Å²) in [5, 5.41) is 7.12. The number of carbonyl (C=O) groups excluding carboxylic acids is 1. The Hall–Kier alpha value is -2.87. The summed E-state index contributed by atoms with van der Waals surface area (Å²) in [6.45, 7) is 1.85. The lowest BCUT2D eigenvalue weighted by Crippen LogP contribution is -2.14. The molecule has 2 aromatic carbocycles. The molecule has 0 spiro atoms. The second-order valence-electron chi connectivity index (χ2n) is 5.72. The van der Waals surface area contributed by atoms with Crippen molar-refractivity contribution in [2.24, 2.45) is 0 Å². The highest BCUT2D eigenvalue weighted by molar-refractivity contribution is 9.10. The summed E-state index contributed by atoms with van der Waals surface area (Å²) in [4.78, 5) is 12.7. The molecule has 1 amide bonds. The highest BCUT2D eigenvalue weighted by atomic mass is 79.9. The van der Waals surface area contributed by atoms with Gasteiger partial charge in [-0.1, -0.05) is 0 Å². The van der Waals surface area contributed by atoms with Gasteiger partial charge in [0.25, 0.3) is 5.91 Å². The van der Waals surface area contributed by atoms with Crippen molar-refractivity contribution in [2.45, 2.75) is 6.92 Å². The Bertz CT molecular complexity index is 987. The lowest BCUT2D eigenvalue weighted by Gasteiger charge is -2.13. The van der Waals surface area contributed by atoms with E-state index in [1.807, 2.05) is 6.92 Å². The van der Waals surface area contributed by atoms with Crippen LogP contribution in [0.4, 0.5) is 10.1 Å². The Labute approximate surface area is 164 Å². The van der Waals surface area contributed by atoms with Crippen LogP contribution in [0.3, 0.4) is 0 Å². The first kappa shape index (κ1) is 18.9. The number of aromatic nitrogens is 2. The zero-order valence-corrected chi connectivity index (χ0v) is 16.5. The van der Waals surface area contributed by atoms with E-state index < -0.39 is 5.91 Å². The van der Waals surface area contributed by atoms with Crippen molar-refractivity contribution < 1.29 is 18.7 Å². The largest absolute Gasteiger partial charge is 0.493 e. The van der Waals surface area contributed by atoms with Gasteiger partial charge in [-0.2, -0.15) is 5.10 Å². The molecule has 0 aliphatic heterocycles. The normalized spacial score (nSPS) is 10.6. The molecule has 27 heavy (non-hydrogen) atoms. The fourth-order valence-corrected chi connectivity index (χ4v) is 2.98. The summed E-state index contributed by atoms with van der Waals surface area (Å²) >= 11 is 3.35. The number of methoxy groups -OCH3 is 2. The zero-order valence-electron chi connectivity index (χ0n) is 14.9. The van der Waals surface area contributed by atoms with Crippen molar-refractivity contribution in [3.63, 3.8) is 0 Å². The number of nitrogens with zero attached hydrogens (tertiary/aromatic N) is 2. The number of halogens is 2. The van der Waals surface area contributed by atoms with E-state index >= 15 is 0 Å². The Morgan fingerprint density at radius 1 is 1.15 bits per heavy atom. The van der Waals surface area contributed by atoms with Crippen LogP contribution in [0, 0.1) is 12.7 Å². The summed E-state index contributed by atoms with van der Waals surface area (Å²) < 4.78 is 25.6. The van der Waals surface area contributed by atoms with Gasteiger partial charge in [0.2, 0.25) is 0 Å². The predicted molar refractivity (Wildman–Crippen MR) is 103 cm³/mol. The average Bonchev–Trinajstić information content (AvgIpc) is 3.05. The van der Waals surface area contributed by atoms with E-state index in [9.17, 15) is 9.18 Å². The van der Waals surface area contributed by atoms with Gasteiger partial charge in [-0.25, -0.2) is 9.07 Å². The van der Waals surface area contributed by atoms with Gasteiger partial charge in [0.15, 0.2) is 17.2 Å². The minimum Gasteiger partial charge on any atom is -0.493 e. The van der Waals surface area contributed by atoms with Crippen LogP contribution in [0.1, 0.15) is 16.1 Å². The van der Waals surface area contributed by atoms with E-state index in [0.29, 0.717) is 27.3 Å². The Morgan fingerprint density at radius 3 is 2.41 bits per heavy atom. The van der Waals surface area contributed by atoms with Crippen molar-refractivity contribution in [1.82, 2.24) is 9.78 Å². The van der Waals surface area contributed by atoms with Gasteiger partial charge in [-0.05, 0) is 58.7 Å². The molecule has 140 valence electrons. The van der Waals surface area contributed by atoms with Crippen molar-refractivity contribution in [3.05, 3.63) is 64.1 Å². The van der Waals surface area contributed by atoms with Crippen molar-refractivity contribution >= 4 is 27.5 Å². The molecule has 0 aliphatic carbocycles. The number of hydrogen-bond donors (Lipinski definition) is 1. The van der Waals surface area contributed by atoms with Gasteiger partial charge in [-0.15, -0.1) is 0 Å². The molecule has 1 aromatic heterocycles. The summed E-state index contributed by atoms with van der Waals surface area (Å²) in [5.41, 5.74) is 2.24. The van der Waals surface area contributed by atoms with Crippen LogP contribution in [-0.4, -0.2) is 29.9 Å². The first-order valence-electron chi connectivity index (χ1n) is 7.98. The number of nitrogens with one attached hydrogen (secondary N) is 1. The number of carbonyl (C=O) groups is 1. The van der Waals surface area contributed by atoms with E-state index in [1.54, 1.807) is 37.6 Å². The monoisotopic (exact) mass is 433 g/mol. The molecule has 8 heteroatoms. The second kappa shape index (κ2) is 7.79. The standard InChI is InChI=1S/C19H17BrFN3O3/c1-11-8-16(26-2)17(27-3)9-15(11)22-19(25)18-14(20)10-24(23-18)13-6-4-12(21)5-7-13/h4-10H,1-3H3,(H,22,25). The van der Waals surface area contributed by atoms with Crippen LogP contribution >= 0.6 is 15.9 Å². The molecular weight excluding hydrogens is 417 g/mol. The molecule has 0 saturated heterocycles. The Kier molecular flexibility index (Phi) is 5.46. The minimum atomic E-state index is -0.391. The van der Waals surface area contributed by atoms with Crippen molar-refractivity contribution in [3.8, 4) is 17.2 Å². The zero-order chi connectivity index (χ0) is 19.6. The molecule has 0 bridgehead atoms. The van der Waals surface area contributed by atoms with Gasteiger partial charge in [-0.3, -0.25) is 4.79 Å². The molecule has 0 unspecified atom stereocenters. The third kappa shape index (κ3) is 3.95. The molecule has 1 N–H and O–H groups in total. The van der Waals surface area contributed by atoms with Crippen molar-refractivity contribution in [2.75, 3.05) is 19.5 Å². The van der Waals surface area contributed by atoms with Crippen LogP contribution in [-0.2, 0) is 0 Å². The maximum absolute atomic E-state index is 13.1. The first-order chi connectivity index (χ1) is 12.9. The number of hydrogen-bond acceptors (Lipinski definition) is 4. The van der Waals surface area contributed by atoms with Gasteiger partial charge in [0, 0.05) is 18.0 Å². The molecular formula is C19H17BrFN3O3. The summed E-state index contributed by atoms with van der Waals surface area (Å²) in [7, 11) is 3.08. The van der Waals surface area contributed by atoms with Gasteiger partial charge >= 0.3 is 0 Å². The van der Waals surface area contributed by atoms with E-state index in [1.165, 1.54) is 23.9 Å². The topological polar surface area (TPSA) is 65.4 Å². The number of rotatable bonds is 5. The smallest absolute Gasteiger partial charge is 0.277 e. The molecule has 6 nitrogen and oxygen atoms in total. The molecule has 0 atom stereocenters. The molecule has 1 heterocycles. The molecule has 0 radical (unpaired) electrons. The summed E-state index contributed by atoms with van der Waals surface area (Å²) in [5.74, 6) is 0.356. The van der Waals surface area contributed by atoms with Crippen LogP contribution in [0.15, 0.2) is 47.1 Å². The maximum atomic E-state index is 13.1. The Balaban J connectivity index is 1.88. The molecule has 3 rings (SSSR count). The third-order valence-corrected chi connectivity index (χ3v) is 4.53. The van der Waals surface area contributed by atoms with Crippen LogP contribution in [0.25, 0.3) is 5.69 Å². The fraction of sp³-hybridized carbons (Fsp3) is 0.158. The molecule has 0 fully saturated rings. The maximum Gasteiger partial charge on any atom is 0.277 e. The number of amides is 1. The number of ether oxygens (including phenoxy) is 2. The quantitative estimate of drug-likeness (QED) is 0.649. The van der Waals surface area contributed by atoms with Crippen LogP contribution in [0.5, 0.6) is 11.5 Å². The highest BCUT2D eigenvalue weighted by Crippen LogP contribution is 2.33. The summed E-state index contributed by atoms with van der Waals surface area (Å²) in [6, 6.07) is 9.29. The molecule has 0 saturated carbocycles. The van der Waals surface area contributed by atoms with Gasteiger partial charge in [0.05, 0.1) is 24.4 Å². The third-order valence-electron chi connectivity index (χ3n) is 3.95. The van der Waals surface area contributed by atoms with E-state index in [-0.39, 0.29) is 11.5 Å². The fourth-order valence-electron chi connectivity index (χ4n) is 2.53. The first-order valence-corrected chi connectivity index (χ1v) is 8.77. The van der Waals surface area contributed by atoms with E-state index in [0.717, 1.165) is 5.56 Å². The number of benzene rings is 2. The molecule has 0 aliphatic rings. The number of anilines is 1. The van der Waals surface area contributed by atoms with Gasteiger partial charge in [0.1, 0.15) is 5.82 Å². The Morgan fingerprint density at radius 2 is 1.78 bits per heavy atom. The lowest BCUT2D eigenvalue weighted by molar-refractivity contribution is 0.102. The van der Waals surface area contributed by atoms with Crippen LogP contribution in [0.2, 0.25) is 0 Å². The molecule has 3 aromatic rings. The second-order valence-corrected chi connectivity index (χ2v) is 6.58. The van der Waals surface area contributed by atoms with E-state index in [4.69, 9.17) is 9.47 Å². The minimum absolute atomic E-state index is 0.202. The predicted octanol–water partition coefficient (Wildman–Crippen LogP) is 4.35. The number of aryl methyl sites for hydroxylation is 1.